The second-order valence-electron chi connectivity index (χ2n) is 2.63. The molecule has 1 heterocycles. The van der Waals surface area contributed by atoms with E-state index in [4.69, 9.17) is 0 Å². The van der Waals surface area contributed by atoms with Crippen LogP contribution >= 0.6 is 15.9 Å². The molecular formula is C8H8BrF3N2. The van der Waals surface area contributed by atoms with Crippen LogP contribution in [0.5, 0.6) is 0 Å². The lowest BCUT2D eigenvalue weighted by atomic mass is 10.4. The zero-order valence-corrected chi connectivity index (χ0v) is 8.69. The van der Waals surface area contributed by atoms with Crippen LogP contribution in [0, 0.1) is 0 Å². The van der Waals surface area contributed by atoms with Gasteiger partial charge in [0.2, 0.25) is 0 Å². The molecule has 1 aromatic heterocycles. The molecule has 0 aromatic carbocycles. The topological polar surface area (TPSA) is 24.9 Å². The highest BCUT2D eigenvalue weighted by Crippen LogP contribution is 2.21. The van der Waals surface area contributed by atoms with Crippen LogP contribution in [0.4, 0.5) is 19.0 Å². The molecule has 0 unspecified atom stereocenters. The molecule has 0 aliphatic heterocycles. The molecule has 14 heavy (non-hydrogen) atoms. The second kappa shape index (κ2) is 4.63. The lowest BCUT2D eigenvalue weighted by Gasteiger charge is -2.08. The lowest BCUT2D eigenvalue weighted by molar-refractivity contribution is -0.131. The van der Waals surface area contributed by atoms with Crippen LogP contribution in [0.1, 0.15) is 6.42 Å². The third-order valence-corrected chi connectivity index (χ3v) is 2.10. The Balaban J connectivity index is 2.43. The minimum absolute atomic E-state index is 0.168. The van der Waals surface area contributed by atoms with E-state index in [1.165, 1.54) is 6.20 Å². The molecule has 2 nitrogen and oxygen atoms in total. The Morgan fingerprint density at radius 2 is 2.14 bits per heavy atom. The van der Waals surface area contributed by atoms with Crippen molar-refractivity contribution in [3.8, 4) is 0 Å². The van der Waals surface area contributed by atoms with Crippen molar-refractivity contribution >= 4 is 21.7 Å². The van der Waals surface area contributed by atoms with Crippen molar-refractivity contribution in [1.29, 1.82) is 0 Å². The standard InChI is InChI=1S/C8H8BrF3N2/c9-6-2-1-4-13-7(6)14-5-3-8(10,11)12/h1-2,4H,3,5H2,(H,13,14). The quantitative estimate of drug-likeness (QED) is 0.911. The summed E-state index contributed by atoms with van der Waals surface area (Å²) in [6.07, 6.45) is -3.48. The van der Waals surface area contributed by atoms with Crippen LogP contribution in [-0.2, 0) is 0 Å². The van der Waals surface area contributed by atoms with E-state index in [1.54, 1.807) is 12.1 Å². The van der Waals surface area contributed by atoms with Gasteiger partial charge in [0.05, 0.1) is 10.9 Å². The molecule has 0 saturated carbocycles. The van der Waals surface area contributed by atoms with E-state index in [-0.39, 0.29) is 6.54 Å². The molecule has 0 saturated heterocycles. The molecule has 78 valence electrons. The summed E-state index contributed by atoms with van der Waals surface area (Å²) in [5, 5.41) is 2.59. The number of hydrogen-bond donors (Lipinski definition) is 1. The van der Waals surface area contributed by atoms with Gasteiger partial charge in [-0.3, -0.25) is 0 Å². The van der Waals surface area contributed by atoms with Crippen LogP contribution < -0.4 is 5.32 Å². The summed E-state index contributed by atoms with van der Waals surface area (Å²) in [5.74, 6) is 0.428. The molecule has 1 rings (SSSR count). The normalized spacial score (nSPS) is 11.4. The van der Waals surface area contributed by atoms with E-state index >= 15 is 0 Å². The van der Waals surface area contributed by atoms with Crippen LogP contribution in [0.2, 0.25) is 0 Å². The molecular weight excluding hydrogens is 261 g/mol. The van der Waals surface area contributed by atoms with Gasteiger partial charge in [0, 0.05) is 12.7 Å². The van der Waals surface area contributed by atoms with Gasteiger partial charge in [0.25, 0.3) is 0 Å². The van der Waals surface area contributed by atoms with Gasteiger partial charge in [-0.2, -0.15) is 13.2 Å². The number of hydrogen-bond acceptors (Lipinski definition) is 2. The predicted octanol–water partition coefficient (Wildman–Crippen LogP) is 3.21. The van der Waals surface area contributed by atoms with Crippen molar-refractivity contribution < 1.29 is 13.2 Å². The first kappa shape index (κ1) is 11.3. The zero-order chi connectivity index (χ0) is 10.6. The van der Waals surface area contributed by atoms with Gasteiger partial charge < -0.3 is 5.32 Å². The maximum atomic E-state index is 11.8. The zero-order valence-electron chi connectivity index (χ0n) is 7.11. The van der Waals surface area contributed by atoms with Crippen molar-refractivity contribution in [2.24, 2.45) is 0 Å². The smallest absolute Gasteiger partial charge is 0.369 e. The molecule has 6 heteroatoms. The summed E-state index contributed by atoms with van der Waals surface area (Å²) in [6, 6.07) is 3.40. The average molecular weight is 269 g/mol. The number of pyridine rings is 1. The van der Waals surface area contributed by atoms with Gasteiger partial charge in [0.1, 0.15) is 5.82 Å². The first-order chi connectivity index (χ1) is 6.49. The molecule has 1 N–H and O–H groups in total. The molecule has 0 spiro atoms. The van der Waals surface area contributed by atoms with E-state index in [0.717, 1.165) is 0 Å². The van der Waals surface area contributed by atoms with E-state index in [1.807, 2.05) is 0 Å². The highest BCUT2D eigenvalue weighted by atomic mass is 79.9. The Morgan fingerprint density at radius 1 is 1.43 bits per heavy atom. The van der Waals surface area contributed by atoms with Crippen molar-refractivity contribution in [1.82, 2.24) is 4.98 Å². The largest absolute Gasteiger partial charge is 0.390 e. The highest BCUT2D eigenvalue weighted by molar-refractivity contribution is 9.10. The molecule has 1 aromatic rings. The molecule has 0 bridgehead atoms. The van der Waals surface area contributed by atoms with Gasteiger partial charge in [-0.25, -0.2) is 4.98 Å². The molecule has 0 fully saturated rings. The monoisotopic (exact) mass is 268 g/mol. The van der Waals surface area contributed by atoms with E-state index in [9.17, 15) is 13.2 Å². The van der Waals surface area contributed by atoms with Gasteiger partial charge >= 0.3 is 6.18 Å². The highest BCUT2D eigenvalue weighted by Gasteiger charge is 2.26. The minimum atomic E-state index is -4.13. The Morgan fingerprint density at radius 3 is 2.71 bits per heavy atom. The first-order valence-electron chi connectivity index (χ1n) is 3.90. The van der Waals surface area contributed by atoms with E-state index < -0.39 is 12.6 Å². The molecule has 0 atom stereocenters. The number of nitrogens with zero attached hydrogens (tertiary/aromatic N) is 1. The number of alkyl halides is 3. The fraction of sp³-hybridized carbons (Fsp3) is 0.375. The first-order valence-corrected chi connectivity index (χ1v) is 4.69. The summed E-state index contributed by atoms with van der Waals surface area (Å²) < 4.78 is 36.0. The third kappa shape index (κ3) is 3.95. The van der Waals surface area contributed by atoms with E-state index in [2.05, 4.69) is 26.2 Å². The summed E-state index contributed by atoms with van der Waals surface area (Å²) in [5.41, 5.74) is 0. The van der Waals surface area contributed by atoms with Crippen LogP contribution in [0.15, 0.2) is 22.8 Å². The van der Waals surface area contributed by atoms with Gasteiger partial charge in [0.15, 0.2) is 0 Å². The third-order valence-electron chi connectivity index (χ3n) is 1.46. The van der Waals surface area contributed by atoms with Gasteiger partial charge in [-0.15, -0.1) is 0 Å². The van der Waals surface area contributed by atoms with Crippen molar-refractivity contribution in [2.75, 3.05) is 11.9 Å². The fourth-order valence-electron chi connectivity index (χ4n) is 0.838. The summed E-state index contributed by atoms with van der Waals surface area (Å²) in [7, 11) is 0. The second-order valence-corrected chi connectivity index (χ2v) is 3.48. The Kier molecular flexibility index (Phi) is 3.74. The number of aromatic nitrogens is 1. The Hall–Kier alpha value is -0.780. The maximum Gasteiger partial charge on any atom is 0.390 e. The lowest BCUT2D eigenvalue weighted by Crippen LogP contribution is -2.15. The van der Waals surface area contributed by atoms with Crippen LogP contribution in [0.3, 0.4) is 0 Å². The molecule has 0 amide bonds. The van der Waals surface area contributed by atoms with Crippen molar-refractivity contribution in [3.05, 3.63) is 22.8 Å². The average Bonchev–Trinajstić information content (AvgIpc) is 2.06. The molecule has 0 aliphatic carbocycles. The number of anilines is 1. The minimum Gasteiger partial charge on any atom is -0.369 e. The summed E-state index contributed by atoms with van der Waals surface area (Å²) in [4.78, 5) is 3.87. The van der Waals surface area contributed by atoms with E-state index in [0.29, 0.717) is 10.3 Å². The number of nitrogens with one attached hydrogen (secondary N) is 1. The summed E-state index contributed by atoms with van der Waals surface area (Å²) >= 11 is 3.17. The molecule has 0 radical (unpaired) electrons. The fourth-order valence-corrected chi connectivity index (χ4v) is 1.23. The number of rotatable bonds is 3. The maximum absolute atomic E-state index is 11.8. The Bertz CT molecular complexity index is 301. The van der Waals surface area contributed by atoms with Crippen molar-refractivity contribution in [3.63, 3.8) is 0 Å². The van der Waals surface area contributed by atoms with Crippen molar-refractivity contribution in [2.45, 2.75) is 12.6 Å². The Labute approximate surface area is 87.7 Å². The van der Waals surface area contributed by atoms with Crippen LogP contribution in [-0.4, -0.2) is 17.7 Å². The van der Waals surface area contributed by atoms with Gasteiger partial charge in [-0.1, -0.05) is 0 Å². The van der Waals surface area contributed by atoms with Crippen LogP contribution in [0.25, 0.3) is 0 Å². The summed E-state index contributed by atoms with van der Waals surface area (Å²) in [6.45, 7) is -0.168. The number of halogens is 4. The predicted molar refractivity (Wildman–Crippen MR) is 51.1 cm³/mol. The van der Waals surface area contributed by atoms with Gasteiger partial charge in [-0.05, 0) is 28.1 Å². The molecule has 0 aliphatic rings. The SMILES string of the molecule is FC(F)(F)CCNc1ncccc1Br.